The van der Waals surface area contributed by atoms with Gasteiger partial charge in [0.25, 0.3) is 0 Å². The number of likely N-dealkylation sites (tertiary alicyclic amines) is 1. The Balaban J connectivity index is 0.903. The Hall–Kier alpha value is -5.93. The molecule has 6 aromatic rings. The molecule has 3 aromatic heterocycles. The SMILES string of the molecule is Cc1ncsc1-c1ccc([C@H](C)NC(=O)[C@@H]2C[C@@H](O)CN2C(=O)[C@H](C(C)C)n2cnc(N3CCN(c4ccc5cc(-c6ccccc6O)nnc5c4)CC3)n2)cc1. The normalized spacial score (nSPS) is 18.3. The highest BCUT2D eigenvalue weighted by Crippen LogP contribution is 2.32. The molecule has 0 radical (unpaired) electrons. The van der Waals surface area contributed by atoms with Crippen molar-refractivity contribution in [3.8, 4) is 27.4 Å². The molecule has 57 heavy (non-hydrogen) atoms. The van der Waals surface area contributed by atoms with E-state index in [1.165, 1.54) is 4.90 Å². The fraction of sp³-hybridized carbons (Fsp3) is 0.357. The fourth-order valence-corrected chi connectivity index (χ4v) is 8.64. The Morgan fingerprint density at radius 2 is 1.67 bits per heavy atom. The lowest BCUT2D eigenvalue weighted by molar-refractivity contribution is -0.142. The van der Waals surface area contributed by atoms with E-state index in [-0.39, 0.29) is 42.5 Å². The van der Waals surface area contributed by atoms with Gasteiger partial charge in [-0.2, -0.15) is 0 Å². The highest BCUT2D eigenvalue weighted by Gasteiger charge is 2.43. The summed E-state index contributed by atoms with van der Waals surface area (Å²) in [5.41, 5.74) is 7.89. The second kappa shape index (κ2) is 15.9. The molecule has 2 aliphatic rings. The third kappa shape index (κ3) is 7.76. The van der Waals surface area contributed by atoms with E-state index in [1.54, 1.807) is 34.5 Å². The molecule has 15 heteroatoms. The molecule has 14 nitrogen and oxygen atoms in total. The molecule has 8 rings (SSSR count). The molecule has 2 saturated heterocycles. The Labute approximate surface area is 334 Å². The predicted octanol–water partition coefficient (Wildman–Crippen LogP) is 5.39. The van der Waals surface area contributed by atoms with Crippen LogP contribution in [0.5, 0.6) is 5.75 Å². The van der Waals surface area contributed by atoms with E-state index in [0.717, 1.165) is 51.4 Å². The number of amides is 2. The van der Waals surface area contributed by atoms with Gasteiger partial charge in [-0.25, -0.2) is 14.6 Å². The Morgan fingerprint density at radius 3 is 2.39 bits per heavy atom. The first-order valence-electron chi connectivity index (χ1n) is 19.3. The van der Waals surface area contributed by atoms with Gasteiger partial charge < -0.3 is 30.2 Å². The molecule has 4 atom stereocenters. The van der Waals surface area contributed by atoms with Gasteiger partial charge in [-0.1, -0.05) is 56.3 Å². The van der Waals surface area contributed by atoms with Crippen LogP contribution in [0.1, 0.15) is 50.5 Å². The summed E-state index contributed by atoms with van der Waals surface area (Å²) < 4.78 is 1.61. The number of fused-ring (bicyclic) bond motifs is 1. The molecule has 3 aromatic carbocycles. The lowest BCUT2D eigenvalue weighted by Gasteiger charge is -2.35. The van der Waals surface area contributed by atoms with Crippen LogP contribution in [0, 0.1) is 12.8 Å². The Morgan fingerprint density at radius 1 is 0.912 bits per heavy atom. The monoisotopic (exact) mass is 786 g/mol. The number of aromatic hydroxyl groups is 1. The number of piperazine rings is 1. The van der Waals surface area contributed by atoms with Gasteiger partial charge in [-0.05, 0) is 61.2 Å². The van der Waals surface area contributed by atoms with Crippen LogP contribution in [0.25, 0.3) is 32.6 Å². The molecular weight excluding hydrogens is 741 g/mol. The third-order valence-corrected chi connectivity index (χ3v) is 12.0. The molecule has 0 saturated carbocycles. The minimum absolute atomic E-state index is 0.0685. The molecule has 5 heterocycles. The van der Waals surface area contributed by atoms with E-state index < -0.39 is 18.2 Å². The highest BCUT2D eigenvalue weighted by molar-refractivity contribution is 7.13. The predicted molar refractivity (Wildman–Crippen MR) is 220 cm³/mol. The number of hydrogen-bond acceptors (Lipinski definition) is 12. The second-order valence-corrected chi connectivity index (χ2v) is 16.0. The average molecular weight is 787 g/mol. The zero-order valence-electron chi connectivity index (χ0n) is 32.4. The summed E-state index contributed by atoms with van der Waals surface area (Å²) in [7, 11) is 0. The van der Waals surface area contributed by atoms with Crippen LogP contribution in [0.3, 0.4) is 0 Å². The number of phenolic OH excluding ortho intramolecular Hbond substituents is 1. The summed E-state index contributed by atoms with van der Waals surface area (Å²) in [6, 6.07) is 21.4. The summed E-state index contributed by atoms with van der Waals surface area (Å²) in [6.45, 7) is 10.7. The number of phenols is 1. The largest absolute Gasteiger partial charge is 0.507 e. The first kappa shape index (κ1) is 38.0. The van der Waals surface area contributed by atoms with Crippen LogP contribution < -0.4 is 15.1 Å². The van der Waals surface area contributed by atoms with E-state index in [9.17, 15) is 19.8 Å². The zero-order chi connectivity index (χ0) is 39.8. The summed E-state index contributed by atoms with van der Waals surface area (Å²) in [5.74, 6) is -0.0270. The number of nitrogens with zero attached hydrogens (tertiary/aromatic N) is 9. The van der Waals surface area contributed by atoms with Crippen molar-refractivity contribution in [1.82, 2.24) is 40.2 Å². The number of aliphatic hydroxyl groups is 1. The summed E-state index contributed by atoms with van der Waals surface area (Å²) in [5, 5.41) is 38.6. The Bertz CT molecular complexity index is 2390. The number of benzene rings is 3. The lowest BCUT2D eigenvalue weighted by atomic mass is 10.0. The van der Waals surface area contributed by atoms with Crippen LogP contribution in [0.4, 0.5) is 11.6 Å². The molecule has 2 amide bonds. The summed E-state index contributed by atoms with van der Waals surface area (Å²) >= 11 is 1.59. The van der Waals surface area contributed by atoms with E-state index in [1.807, 2.05) is 87.8 Å². The lowest BCUT2D eigenvalue weighted by Crippen LogP contribution is -2.49. The number of nitrogens with one attached hydrogen (secondary N) is 1. The van der Waals surface area contributed by atoms with Crippen molar-refractivity contribution in [2.45, 2.75) is 58.3 Å². The number of anilines is 2. The number of carbonyl (C=O) groups excluding carboxylic acids is 2. The molecule has 2 aliphatic heterocycles. The van der Waals surface area contributed by atoms with Gasteiger partial charge in [-0.15, -0.1) is 26.6 Å². The fourth-order valence-electron chi connectivity index (χ4n) is 7.83. The van der Waals surface area contributed by atoms with Gasteiger partial charge in [0.1, 0.15) is 24.2 Å². The number of rotatable bonds is 10. The topological polar surface area (TPSA) is 166 Å². The molecular formula is C42H46N10O4S. The van der Waals surface area contributed by atoms with Gasteiger partial charge >= 0.3 is 0 Å². The maximum absolute atomic E-state index is 14.3. The van der Waals surface area contributed by atoms with Gasteiger partial charge in [0.15, 0.2) is 0 Å². The van der Waals surface area contributed by atoms with Crippen molar-refractivity contribution >= 4 is 45.7 Å². The van der Waals surface area contributed by atoms with Crippen molar-refractivity contribution in [3.63, 3.8) is 0 Å². The van der Waals surface area contributed by atoms with Crippen LogP contribution in [-0.2, 0) is 9.59 Å². The standard InChI is InChI=1S/C42H46N10O4S/c1-25(2)38(41(56)51-22-32(53)21-36(51)40(55)45-26(3)28-9-11-29(12-10-28)39-27(4)44-24-57-39)52-23-43-42(48-52)50-17-15-49(16-18-50)31-14-13-30-19-35(47-46-34(30)20-31)33-7-5-6-8-37(33)54/h5-14,19-20,23-26,32,36,38,53-54H,15-18,21-22H2,1-4H3,(H,45,55)/t26-,32+,36-,38-/m0/s1. The van der Waals surface area contributed by atoms with Crippen LogP contribution in [0.2, 0.25) is 0 Å². The van der Waals surface area contributed by atoms with Gasteiger partial charge in [0.05, 0.1) is 39.4 Å². The van der Waals surface area contributed by atoms with Crippen molar-refractivity contribution in [2.75, 3.05) is 42.5 Å². The molecule has 2 fully saturated rings. The molecule has 0 aliphatic carbocycles. The quantitative estimate of drug-likeness (QED) is 0.163. The maximum atomic E-state index is 14.3. The maximum Gasteiger partial charge on any atom is 0.248 e. The van der Waals surface area contributed by atoms with Crippen LogP contribution >= 0.6 is 11.3 Å². The van der Waals surface area contributed by atoms with Crippen LogP contribution in [-0.4, -0.2) is 102 Å². The Kier molecular flexibility index (Phi) is 10.6. The van der Waals surface area contributed by atoms with E-state index in [2.05, 4.69) is 41.3 Å². The first-order chi connectivity index (χ1) is 27.5. The highest BCUT2D eigenvalue weighted by atomic mass is 32.1. The minimum Gasteiger partial charge on any atom is -0.507 e. The number of thiazole rings is 1. The van der Waals surface area contributed by atoms with Crippen molar-refractivity contribution in [2.24, 2.45) is 5.92 Å². The summed E-state index contributed by atoms with van der Waals surface area (Å²) in [6.07, 6.45) is 0.944. The number of β-amino-alcohol motifs (C(OH)–C–C–N with tert-alkyl or cyclic N) is 1. The number of carbonyl (C=O) groups is 2. The van der Waals surface area contributed by atoms with E-state index >= 15 is 0 Å². The number of para-hydroxylation sites is 1. The van der Waals surface area contributed by atoms with Gasteiger partial charge in [0.2, 0.25) is 17.8 Å². The number of hydrogen-bond donors (Lipinski definition) is 3. The second-order valence-electron chi connectivity index (χ2n) is 15.2. The van der Waals surface area contributed by atoms with Crippen LogP contribution in [0.15, 0.2) is 84.6 Å². The number of aromatic nitrogens is 6. The average Bonchev–Trinajstić information content (AvgIpc) is 3.98. The van der Waals surface area contributed by atoms with Gasteiger partial charge in [0, 0.05) is 55.8 Å². The third-order valence-electron chi connectivity index (χ3n) is 11.0. The van der Waals surface area contributed by atoms with Crippen molar-refractivity contribution in [1.29, 1.82) is 0 Å². The summed E-state index contributed by atoms with van der Waals surface area (Å²) in [4.78, 5) is 44.0. The zero-order valence-corrected chi connectivity index (χ0v) is 33.2. The number of aryl methyl sites for hydroxylation is 1. The van der Waals surface area contributed by atoms with E-state index in [4.69, 9.17) is 5.10 Å². The minimum atomic E-state index is -0.813. The first-order valence-corrected chi connectivity index (χ1v) is 20.2. The smallest absolute Gasteiger partial charge is 0.248 e. The molecule has 0 spiro atoms. The van der Waals surface area contributed by atoms with Gasteiger partial charge in [-0.3, -0.25) is 9.59 Å². The van der Waals surface area contributed by atoms with Crippen molar-refractivity contribution < 1.29 is 19.8 Å². The van der Waals surface area contributed by atoms with Crippen molar-refractivity contribution in [3.05, 3.63) is 95.9 Å². The molecule has 294 valence electrons. The molecule has 0 unspecified atom stereocenters. The number of aliphatic hydroxyl groups excluding tert-OH is 1. The van der Waals surface area contributed by atoms with E-state index in [0.29, 0.717) is 30.3 Å². The molecule has 3 N–H and O–H groups in total. The molecule has 0 bridgehead atoms.